The molecule has 9 nitrogen and oxygen atoms in total. The zero-order valence-corrected chi connectivity index (χ0v) is 11.9. The van der Waals surface area contributed by atoms with Crippen LogP contribution in [0.1, 0.15) is 12.8 Å². The Bertz CT molecular complexity index is 419. The van der Waals surface area contributed by atoms with E-state index in [4.69, 9.17) is 10.5 Å². The highest BCUT2D eigenvalue weighted by Crippen LogP contribution is 2.21. The lowest BCUT2D eigenvalue weighted by Gasteiger charge is -2.23. The van der Waals surface area contributed by atoms with Gasteiger partial charge in [-0.05, 0) is 12.8 Å². The molecule has 2 N–H and O–H groups in total. The van der Waals surface area contributed by atoms with E-state index in [1.165, 1.54) is 14.2 Å². The number of amides is 2. The summed E-state index contributed by atoms with van der Waals surface area (Å²) in [6, 6.07) is 0. The minimum Gasteiger partial charge on any atom is -0.468 e. The first-order chi connectivity index (χ1) is 9.88. The molecule has 0 radical (unpaired) electrons. The zero-order valence-electron chi connectivity index (χ0n) is 11.9. The predicted octanol–water partition coefficient (Wildman–Crippen LogP) is -1.81. The highest BCUT2D eigenvalue weighted by atomic mass is 16.5. The van der Waals surface area contributed by atoms with Crippen LogP contribution in [0.4, 0.5) is 0 Å². The molecule has 0 aromatic carbocycles. The lowest BCUT2D eigenvalue weighted by molar-refractivity contribution is -0.157. The van der Waals surface area contributed by atoms with Crippen molar-refractivity contribution in [3.05, 3.63) is 0 Å². The predicted molar refractivity (Wildman–Crippen MR) is 67.7 cm³/mol. The Balaban J connectivity index is 2.72. The number of esters is 2. The first-order valence-corrected chi connectivity index (χ1v) is 6.26. The van der Waals surface area contributed by atoms with E-state index >= 15 is 0 Å². The average Bonchev–Trinajstić information content (AvgIpc) is 2.95. The molecule has 1 heterocycles. The van der Waals surface area contributed by atoms with Crippen molar-refractivity contribution in [1.82, 2.24) is 4.90 Å². The molecule has 118 valence electrons. The van der Waals surface area contributed by atoms with Gasteiger partial charge >= 0.3 is 11.9 Å². The third-order valence-corrected chi connectivity index (χ3v) is 3.02. The maximum Gasteiger partial charge on any atom is 0.325 e. The summed E-state index contributed by atoms with van der Waals surface area (Å²) in [5, 5.41) is 0. The Morgan fingerprint density at radius 2 is 1.52 bits per heavy atom. The Morgan fingerprint density at radius 1 is 1.05 bits per heavy atom. The average molecular weight is 302 g/mol. The van der Waals surface area contributed by atoms with E-state index in [0.29, 0.717) is 6.42 Å². The summed E-state index contributed by atoms with van der Waals surface area (Å²) < 4.78 is 14.2. The lowest BCUT2D eigenvalue weighted by atomic mass is 10.1. The molecule has 0 saturated carbocycles. The van der Waals surface area contributed by atoms with E-state index in [9.17, 15) is 19.2 Å². The van der Waals surface area contributed by atoms with Crippen molar-refractivity contribution in [3.8, 4) is 0 Å². The second kappa shape index (κ2) is 7.58. The molecule has 0 bridgehead atoms. The number of methoxy groups -OCH3 is 2. The fourth-order valence-corrected chi connectivity index (χ4v) is 1.88. The van der Waals surface area contributed by atoms with Crippen molar-refractivity contribution in [2.75, 3.05) is 27.3 Å². The van der Waals surface area contributed by atoms with Crippen molar-refractivity contribution >= 4 is 23.8 Å². The summed E-state index contributed by atoms with van der Waals surface area (Å²) >= 11 is 0. The highest BCUT2D eigenvalue weighted by Gasteiger charge is 2.37. The Labute approximate surface area is 121 Å². The van der Waals surface area contributed by atoms with Gasteiger partial charge in [-0.1, -0.05) is 0 Å². The van der Waals surface area contributed by atoms with E-state index in [0.717, 1.165) is 4.90 Å². The topological polar surface area (TPSA) is 125 Å². The lowest BCUT2D eigenvalue weighted by Crippen LogP contribution is -2.45. The maximum atomic E-state index is 12.2. The standard InChI is InChI=1S/C12H18N2O7/c1-19-9(15)5-14(6-10(16)20-2)12(18)8-4-3-7(21-8)11(13)17/h7-8H,3-6H2,1-2H3,(H2,13,17). The van der Waals surface area contributed by atoms with Gasteiger partial charge in [-0.2, -0.15) is 0 Å². The molecule has 0 aromatic rings. The van der Waals surface area contributed by atoms with Gasteiger partial charge in [0.25, 0.3) is 5.91 Å². The van der Waals surface area contributed by atoms with Crippen molar-refractivity contribution in [2.24, 2.45) is 5.73 Å². The maximum absolute atomic E-state index is 12.2. The SMILES string of the molecule is COC(=O)CN(CC(=O)OC)C(=O)C1CCC(C(N)=O)O1. The quantitative estimate of drug-likeness (QED) is 0.573. The number of nitrogens with two attached hydrogens (primary N) is 1. The molecule has 9 heteroatoms. The molecule has 0 aliphatic carbocycles. The number of rotatable bonds is 6. The number of carbonyl (C=O) groups excluding carboxylic acids is 4. The molecule has 1 aliphatic rings. The number of carbonyl (C=O) groups is 4. The largest absolute Gasteiger partial charge is 0.468 e. The van der Waals surface area contributed by atoms with Crippen LogP contribution in [0.25, 0.3) is 0 Å². The molecule has 0 aromatic heterocycles. The number of primary amides is 1. The number of hydrogen-bond donors (Lipinski definition) is 1. The molecular formula is C12H18N2O7. The fraction of sp³-hybridized carbons (Fsp3) is 0.667. The monoisotopic (exact) mass is 302 g/mol. The Morgan fingerprint density at radius 3 is 1.90 bits per heavy atom. The van der Waals surface area contributed by atoms with Gasteiger partial charge in [-0.3, -0.25) is 19.2 Å². The summed E-state index contributed by atoms with van der Waals surface area (Å²) in [7, 11) is 2.33. The molecule has 2 unspecified atom stereocenters. The number of hydrogen-bond acceptors (Lipinski definition) is 7. The molecule has 2 amide bonds. The van der Waals surface area contributed by atoms with Crippen LogP contribution in [0.2, 0.25) is 0 Å². The van der Waals surface area contributed by atoms with Gasteiger partial charge in [-0.25, -0.2) is 0 Å². The Hall–Kier alpha value is -2.16. The minimum absolute atomic E-state index is 0.283. The second-order valence-electron chi connectivity index (χ2n) is 4.44. The molecule has 1 saturated heterocycles. The summed E-state index contributed by atoms with van der Waals surface area (Å²) in [5.41, 5.74) is 5.10. The van der Waals surface area contributed by atoms with E-state index in [-0.39, 0.29) is 6.42 Å². The van der Waals surface area contributed by atoms with Crippen LogP contribution >= 0.6 is 0 Å². The number of ether oxygens (including phenoxy) is 3. The van der Waals surface area contributed by atoms with Crippen molar-refractivity contribution < 1.29 is 33.4 Å². The molecular weight excluding hydrogens is 284 g/mol. The van der Waals surface area contributed by atoms with Crippen LogP contribution < -0.4 is 5.73 Å². The van der Waals surface area contributed by atoms with Crippen molar-refractivity contribution in [3.63, 3.8) is 0 Å². The van der Waals surface area contributed by atoms with E-state index in [2.05, 4.69) is 9.47 Å². The van der Waals surface area contributed by atoms with E-state index in [1.807, 2.05) is 0 Å². The minimum atomic E-state index is -0.920. The third-order valence-electron chi connectivity index (χ3n) is 3.02. The van der Waals surface area contributed by atoms with Crippen LogP contribution in [0, 0.1) is 0 Å². The molecule has 1 rings (SSSR count). The zero-order chi connectivity index (χ0) is 16.0. The summed E-state index contributed by atoms with van der Waals surface area (Å²) in [4.78, 5) is 46.8. The van der Waals surface area contributed by atoms with Gasteiger partial charge in [-0.15, -0.1) is 0 Å². The molecule has 0 spiro atoms. The van der Waals surface area contributed by atoms with Crippen LogP contribution in [0.15, 0.2) is 0 Å². The van der Waals surface area contributed by atoms with Gasteiger partial charge in [0.2, 0.25) is 5.91 Å². The van der Waals surface area contributed by atoms with Crippen molar-refractivity contribution in [2.45, 2.75) is 25.0 Å². The first-order valence-electron chi connectivity index (χ1n) is 6.26. The van der Waals surface area contributed by atoms with E-state index < -0.39 is 49.1 Å². The van der Waals surface area contributed by atoms with Crippen LogP contribution in [0.5, 0.6) is 0 Å². The summed E-state index contributed by atoms with van der Waals surface area (Å²) in [5.74, 6) is -2.61. The molecule has 1 aliphatic heterocycles. The highest BCUT2D eigenvalue weighted by molar-refractivity contribution is 5.89. The van der Waals surface area contributed by atoms with Crippen molar-refractivity contribution in [1.29, 1.82) is 0 Å². The molecule has 1 fully saturated rings. The fourth-order valence-electron chi connectivity index (χ4n) is 1.88. The summed E-state index contributed by atoms with van der Waals surface area (Å²) in [6.07, 6.45) is -1.16. The smallest absolute Gasteiger partial charge is 0.325 e. The second-order valence-corrected chi connectivity index (χ2v) is 4.44. The summed E-state index contributed by atoms with van der Waals surface area (Å²) in [6.45, 7) is -0.822. The van der Waals surface area contributed by atoms with Gasteiger partial charge < -0.3 is 24.8 Å². The first kappa shape index (κ1) is 16.9. The normalized spacial score (nSPS) is 20.7. The van der Waals surface area contributed by atoms with Gasteiger partial charge in [0.1, 0.15) is 25.3 Å². The van der Waals surface area contributed by atoms with E-state index in [1.54, 1.807) is 0 Å². The molecule has 21 heavy (non-hydrogen) atoms. The van der Waals surface area contributed by atoms with Crippen LogP contribution in [-0.4, -0.2) is 68.2 Å². The van der Waals surface area contributed by atoms with Crippen LogP contribution in [0.3, 0.4) is 0 Å². The van der Waals surface area contributed by atoms with Gasteiger partial charge in [0, 0.05) is 0 Å². The van der Waals surface area contributed by atoms with Gasteiger partial charge in [0.15, 0.2) is 0 Å². The van der Waals surface area contributed by atoms with Gasteiger partial charge in [0.05, 0.1) is 14.2 Å². The van der Waals surface area contributed by atoms with Crippen LogP contribution in [-0.2, 0) is 33.4 Å². The molecule has 2 atom stereocenters. The third kappa shape index (κ3) is 4.71. The number of nitrogens with zero attached hydrogens (tertiary/aromatic N) is 1. The Kier molecular flexibility index (Phi) is 6.10.